The number of likely N-dealkylation sites (N-methyl/N-ethyl adjacent to an activating group) is 1. The molecular formula is C21H24N6O. The number of amides is 1. The zero-order chi connectivity index (χ0) is 19.1. The molecule has 1 amide bonds. The highest BCUT2D eigenvalue weighted by atomic mass is 16.2. The van der Waals surface area contributed by atoms with Gasteiger partial charge in [0, 0.05) is 44.1 Å². The molecule has 1 fully saturated rings. The molecule has 3 aromatic rings. The van der Waals surface area contributed by atoms with Crippen molar-refractivity contribution in [1.82, 2.24) is 29.5 Å². The summed E-state index contributed by atoms with van der Waals surface area (Å²) < 4.78 is 1.75. The number of fused-ring (bicyclic) bond motifs is 2. The van der Waals surface area contributed by atoms with Crippen LogP contribution in [0.2, 0.25) is 0 Å². The summed E-state index contributed by atoms with van der Waals surface area (Å²) in [6.07, 6.45) is 8.21. The summed E-state index contributed by atoms with van der Waals surface area (Å²) in [5.74, 6) is 0.0710. The molecular weight excluding hydrogens is 352 g/mol. The summed E-state index contributed by atoms with van der Waals surface area (Å²) in [5, 5.41) is 4.30. The van der Waals surface area contributed by atoms with Crippen molar-refractivity contribution in [1.29, 1.82) is 0 Å². The van der Waals surface area contributed by atoms with Gasteiger partial charge in [-0.15, -0.1) is 0 Å². The van der Waals surface area contributed by atoms with Crippen LogP contribution >= 0.6 is 0 Å². The van der Waals surface area contributed by atoms with E-state index in [-0.39, 0.29) is 11.4 Å². The van der Waals surface area contributed by atoms with E-state index in [9.17, 15) is 4.79 Å². The maximum Gasteiger partial charge on any atom is 0.256 e. The molecule has 0 bridgehead atoms. The highest BCUT2D eigenvalue weighted by Crippen LogP contribution is 2.41. The van der Waals surface area contributed by atoms with Gasteiger partial charge in [-0.25, -0.2) is 9.67 Å². The van der Waals surface area contributed by atoms with Gasteiger partial charge in [0.05, 0.1) is 28.8 Å². The predicted molar refractivity (Wildman–Crippen MR) is 105 cm³/mol. The Morgan fingerprint density at radius 2 is 1.96 bits per heavy atom. The van der Waals surface area contributed by atoms with Crippen LogP contribution in [0.1, 0.15) is 34.6 Å². The molecule has 0 radical (unpaired) electrons. The number of para-hydroxylation sites is 1. The minimum Gasteiger partial charge on any atom is -0.348 e. The number of aromatic amines is 1. The Kier molecular flexibility index (Phi) is 4.05. The van der Waals surface area contributed by atoms with Gasteiger partial charge in [0.1, 0.15) is 0 Å². The van der Waals surface area contributed by atoms with Gasteiger partial charge in [0.2, 0.25) is 0 Å². The Morgan fingerprint density at radius 3 is 2.75 bits per heavy atom. The Hall–Kier alpha value is -2.93. The van der Waals surface area contributed by atoms with Crippen molar-refractivity contribution >= 4 is 5.91 Å². The Bertz CT molecular complexity index is 984. The average molecular weight is 376 g/mol. The molecule has 0 atom stereocenters. The number of hydrogen-bond acceptors (Lipinski definition) is 4. The number of likely N-dealkylation sites (tertiary alicyclic amines) is 1. The number of aromatic nitrogens is 4. The third-order valence-corrected chi connectivity index (χ3v) is 6.35. The second-order valence-electron chi connectivity index (χ2n) is 7.69. The zero-order valence-electron chi connectivity index (χ0n) is 16.0. The number of piperidine rings is 1. The van der Waals surface area contributed by atoms with E-state index in [1.807, 2.05) is 47.8 Å². The first-order valence-corrected chi connectivity index (χ1v) is 9.81. The lowest BCUT2D eigenvalue weighted by Gasteiger charge is -2.49. The standard InChI is InChI=1S/C21H24N6O/c1-25-12-7-17-19(23-15-22-17)21(25)8-13-26(14-9-21)20(28)16-5-2-3-6-18(16)27-11-4-10-24-27/h2-6,10-11,15H,7-9,12-14H2,1H3,(H,22,23). The molecule has 144 valence electrons. The van der Waals surface area contributed by atoms with Gasteiger partial charge in [-0.3, -0.25) is 9.69 Å². The lowest BCUT2D eigenvalue weighted by molar-refractivity contribution is 0.0225. The van der Waals surface area contributed by atoms with Crippen molar-refractivity contribution in [3.8, 4) is 5.69 Å². The quantitative estimate of drug-likeness (QED) is 0.745. The number of rotatable bonds is 2. The molecule has 2 aromatic heterocycles. The number of carbonyl (C=O) groups excluding carboxylic acids is 1. The SMILES string of the molecule is CN1CCc2[nH]cnc2C12CCN(C(=O)c1ccccc1-n1cccn1)CC2. The highest BCUT2D eigenvalue weighted by Gasteiger charge is 2.45. The number of imidazole rings is 1. The van der Waals surface area contributed by atoms with Crippen molar-refractivity contribution in [3.05, 3.63) is 66.0 Å². The summed E-state index contributed by atoms with van der Waals surface area (Å²) in [5.41, 5.74) is 3.88. The maximum atomic E-state index is 13.3. The molecule has 0 unspecified atom stereocenters. The van der Waals surface area contributed by atoms with Crippen LogP contribution in [0.4, 0.5) is 0 Å². The number of benzene rings is 1. The molecule has 28 heavy (non-hydrogen) atoms. The summed E-state index contributed by atoms with van der Waals surface area (Å²) in [6, 6.07) is 9.55. The van der Waals surface area contributed by atoms with Gasteiger partial charge in [0.15, 0.2) is 0 Å². The van der Waals surface area contributed by atoms with E-state index >= 15 is 0 Å². The molecule has 1 N–H and O–H groups in total. The molecule has 5 rings (SSSR count). The van der Waals surface area contributed by atoms with E-state index in [0.29, 0.717) is 5.56 Å². The Morgan fingerprint density at radius 1 is 1.14 bits per heavy atom. The first-order valence-electron chi connectivity index (χ1n) is 9.81. The fraction of sp³-hybridized carbons (Fsp3) is 0.381. The van der Waals surface area contributed by atoms with Crippen LogP contribution in [0.3, 0.4) is 0 Å². The van der Waals surface area contributed by atoms with E-state index in [0.717, 1.165) is 44.6 Å². The summed E-state index contributed by atoms with van der Waals surface area (Å²) in [6.45, 7) is 2.47. The minimum absolute atomic E-state index is 0.0636. The molecule has 7 nitrogen and oxygen atoms in total. The molecule has 1 saturated heterocycles. The zero-order valence-corrected chi connectivity index (χ0v) is 16.0. The molecule has 7 heteroatoms. The Labute approximate surface area is 164 Å². The topological polar surface area (TPSA) is 70.1 Å². The average Bonchev–Trinajstić information content (AvgIpc) is 3.43. The lowest BCUT2D eigenvalue weighted by Crippen LogP contribution is -2.55. The normalized spacial score (nSPS) is 19.0. The van der Waals surface area contributed by atoms with Crippen molar-refractivity contribution < 1.29 is 4.79 Å². The number of H-pyrrole nitrogens is 1. The number of nitrogens with one attached hydrogen (secondary N) is 1. The van der Waals surface area contributed by atoms with Gasteiger partial charge < -0.3 is 9.88 Å². The van der Waals surface area contributed by atoms with Crippen LogP contribution < -0.4 is 0 Å². The second-order valence-corrected chi connectivity index (χ2v) is 7.69. The first kappa shape index (κ1) is 17.2. The van der Waals surface area contributed by atoms with Gasteiger partial charge in [-0.2, -0.15) is 5.10 Å². The van der Waals surface area contributed by atoms with Gasteiger partial charge in [-0.1, -0.05) is 12.1 Å². The molecule has 4 heterocycles. The third kappa shape index (κ3) is 2.57. The predicted octanol–water partition coefficient (Wildman–Crippen LogP) is 2.21. The molecule has 0 aliphatic carbocycles. The third-order valence-electron chi connectivity index (χ3n) is 6.35. The van der Waals surface area contributed by atoms with Gasteiger partial charge in [-0.05, 0) is 38.1 Å². The van der Waals surface area contributed by atoms with Crippen LogP contribution in [0.15, 0.2) is 49.1 Å². The van der Waals surface area contributed by atoms with Crippen molar-refractivity contribution in [2.75, 3.05) is 26.7 Å². The van der Waals surface area contributed by atoms with Crippen LogP contribution in [0.5, 0.6) is 0 Å². The summed E-state index contributed by atoms with van der Waals surface area (Å²) in [4.78, 5) is 25.7. The van der Waals surface area contributed by atoms with Crippen LogP contribution in [0.25, 0.3) is 5.69 Å². The second kappa shape index (κ2) is 6.60. The van der Waals surface area contributed by atoms with Crippen molar-refractivity contribution in [2.45, 2.75) is 24.8 Å². The molecule has 2 aliphatic heterocycles. The van der Waals surface area contributed by atoms with Crippen molar-refractivity contribution in [3.63, 3.8) is 0 Å². The molecule has 0 saturated carbocycles. The van der Waals surface area contributed by atoms with Crippen LogP contribution in [-0.2, 0) is 12.0 Å². The monoisotopic (exact) mass is 376 g/mol. The largest absolute Gasteiger partial charge is 0.348 e. The number of nitrogens with zero attached hydrogens (tertiary/aromatic N) is 5. The van der Waals surface area contributed by atoms with E-state index in [2.05, 4.69) is 27.0 Å². The summed E-state index contributed by atoms with van der Waals surface area (Å²) >= 11 is 0. The Balaban J connectivity index is 1.40. The van der Waals surface area contributed by atoms with E-state index in [1.54, 1.807) is 10.9 Å². The number of hydrogen-bond donors (Lipinski definition) is 1. The van der Waals surface area contributed by atoms with Crippen molar-refractivity contribution in [2.24, 2.45) is 0 Å². The van der Waals surface area contributed by atoms with E-state index in [4.69, 9.17) is 0 Å². The summed E-state index contributed by atoms with van der Waals surface area (Å²) in [7, 11) is 2.18. The van der Waals surface area contributed by atoms with E-state index in [1.165, 1.54) is 11.4 Å². The number of carbonyl (C=O) groups is 1. The maximum absolute atomic E-state index is 13.3. The molecule has 1 spiro atoms. The molecule has 1 aromatic carbocycles. The van der Waals surface area contributed by atoms with Crippen LogP contribution in [-0.4, -0.2) is 62.1 Å². The van der Waals surface area contributed by atoms with Gasteiger partial charge in [0.25, 0.3) is 5.91 Å². The fourth-order valence-electron chi connectivity index (χ4n) is 4.72. The smallest absolute Gasteiger partial charge is 0.256 e. The lowest BCUT2D eigenvalue weighted by atomic mass is 9.79. The first-order chi connectivity index (χ1) is 13.7. The van der Waals surface area contributed by atoms with Crippen LogP contribution in [0, 0.1) is 0 Å². The highest BCUT2D eigenvalue weighted by molar-refractivity contribution is 5.97. The van der Waals surface area contributed by atoms with Gasteiger partial charge >= 0.3 is 0 Å². The molecule has 2 aliphatic rings. The van der Waals surface area contributed by atoms with E-state index < -0.39 is 0 Å². The fourth-order valence-corrected chi connectivity index (χ4v) is 4.72. The minimum atomic E-state index is -0.0636.